The minimum atomic E-state index is -1.16. The number of carbonyl (C=O) groups is 2. The van der Waals surface area contributed by atoms with E-state index in [2.05, 4.69) is 5.32 Å². The predicted molar refractivity (Wildman–Crippen MR) is 116 cm³/mol. The van der Waals surface area contributed by atoms with Crippen LogP contribution in [-0.4, -0.2) is 28.1 Å². The Morgan fingerprint density at radius 1 is 1.16 bits per heavy atom. The number of aliphatic carboxylic acids is 1. The number of amides is 1. The molecule has 31 heavy (non-hydrogen) atoms. The lowest BCUT2D eigenvalue weighted by atomic mass is 9.88. The van der Waals surface area contributed by atoms with Crippen molar-refractivity contribution >= 4 is 28.5 Å². The van der Waals surface area contributed by atoms with E-state index in [9.17, 15) is 19.5 Å². The lowest BCUT2D eigenvalue weighted by Gasteiger charge is -2.18. The molecule has 162 valence electrons. The van der Waals surface area contributed by atoms with Crippen LogP contribution in [0.2, 0.25) is 0 Å². The first-order valence-electron chi connectivity index (χ1n) is 9.94. The van der Waals surface area contributed by atoms with Crippen LogP contribution in [0.1, 0.15) is 43.2 Å². The molecule has 8 nitrogen and oxygen atoms in total. The number of rotatable bonds is 8. The Labute approximate surface area is 178 Å². The van der Waals surface area contributed by atoms with E-state index in [-0.39, 0.29) is 30.1 Å². The first-order chi connectivity index (χ1) is 14.8. The smallest absolute Gasteiger partial charge is 0.343 e. The lowest BCUT2D eigenvalue weighted by molar-refractivity contribution is -0.138. The van der Waals surface area contributed by atoms with E-state index in [1.807, 2.05) is 6.92 Å². The summed E-state index contributed by atoms with van der Waals surface area (Å²) < 4.78 is 5.40. The largest absolute Gasteiger partial charge is 0.507 e. The molecule has 2 aromatic carbocycles. The van der Waals surface area contributed by atoms with Gasteiger partial charge in [-0.1, -0.05) is 31.2 Å². The number of nitrogens with one attached hydrogen (secondary N) is 1. The average molecular weight is 424 g/mol. The highest BCUT2D eigenvalue weighted by Crippen LogP contribution is 2.36. The summed E-state index contributed by atoms with van der Waals surface area (Å²) in [6, 6.07) is 12.6. The number of fused-ring (bicyclic) bond motifs is 1. The van der Waals surface area contributed by atoms with Gasteiger partial charge in [-0.3, -0.25) is 9.59 Å². The normalized spacial score (nSPS) is 13.0. The third-order valence-electron chi connectivity index (χ3n) is 5.15. The Balaban J connectivity index is 1.87. The number of carboxylic acid groups (broad SMARTS) is 1. The fraction of sp³-hybridized carbons (Fsp3) is 0.261. The van der Waals surface area contributed by atoms with Crippen LogP contribution in [0.4, 0.5) is 5.69 Å². The van der Waals surface area contributed by atoms with Crippen molar-refractivity contribution in [3.8, 4) is 5.75 Å². The maximum absolute atomic E-state index is 12.6. The number of aromatic hydroxyl groups is 1. The summed E-state index contributed by atoms with van der Waals surface area (Å²) in [5.74, 6) is -2.08. The Morgan fingerprint density at radius 2 is 1.90 bits per heavy atom. The van der Waals surface area contributed by atoms with Crippen molar-refractivity contribution < 1.29 is 24.2 Å². The fourth-order valence-corrected chi connectivity index (χ4v) is 3.53. The third kappa shape index (κ3) is 4.92. The number of anilines is 1. The molecule has 0 aliphatic rings. The molecule has 1 amide bonds. The first kappa shape index (κ1) is 22.0. The van der Waals surface area contributed by atoms with Crippen LogP contribution in [0.3, 0.4) is 0 Å². The molecule has 1 heterocycles. The molecule has 0 saturated heterocycles. The van der Waals surface area contributed by atoms with Crippen LogP contribution in [0.15, 0.2) is 57.7 Å². The zero-order valence-electron chi connectivity index (χ0n) is 17.0. The van der Waals surface area contributed by atoms with Crippen molar-refractivity contribution in [1.29, 1.82) is 0 Å². The molecule has 0 fully saturated rings. The molecule has 0 radical (unpaired) electrons. The Morgan fingerprint density at radius 3 is 2.61 bits per heavy atom. The zero-order chi connectivity index (χ0) is 22.5. The molecule has 2 atom stereocenters. The molecule has 0 saturated carbocycles. The van der Waals surface area contributed by atoms with Crippen LogP contribution in [0.5, 0.6) is 5.75 Å². The van der Waals surface area contributed by atoms with Crippen molar-refractivity contribution in [2.75, 3.05) is 5.32 Å². The summed E-state index contributed by atoms with van der Waals surface area (Å²) in [5.41, 5.74) is 6.51. The summed E-state index contributed by atoms with van der Waals surface area (Å²) in [4.78, 5) is 35.6. The average Bonchev–Trinajstić information content (AvgIpc) is 2.75. The maximum Gasteiger partial charge on any atom is 0.343 e. The summed E-state index contributed by atoms with van der Waals surface area (Å²) in [6.07, 6.45) is 0.496. The number of benzene rings is 2. The number of hydrogen-bond donors (Lipinski definition) is 4. The second-order valence-corrected chi connectivity index (χ2v) is 7.27. The van der Waals surface area contributed by atoms with Gasteiger partial charge in [0.1, 0.15) is 17.4 Å². The quantitative estimate of drug-likeness (QED) is 0.407. The summed E-state index contributed by atoms with van der Waals surface area (Å²) in [5, 5.41) is 22.8. The maximum atomic E-state index is 12.6. The highest BCUT2D eigenvalue weighted by Gasteiger charge is 2.23. The van der Waals surface area contributed by atoms with Crippen LogP contribution >= 0.6 is 0 Å². The molecule has 1 aromatic heterocycles. The molecule has 0 spiro atoms. The summed E-state index contributed by atoms with van der Waals surface area (Å²) >= 11 is 0. The number of carboxylic acids is 1. The minimum absolute atomic E-state index is 0.0183. The van der Waals surface area contributed by atoms with Crippen molar-refractivity contribution in [3.63, 3.8) is 0 Å². The molecule has 8 heteroatoms. The highest BCUT2D eigenvalue weighted by molar-refractivity contribution is 5.91. The number of para-hydroxylation sites is 1. The fourth-order valence-electron chi connectivity index (χ4n) is 3.53. The van der Waals surface area contributed by atoms with Crippen LogP contribution in [-0.2, 0) is 9.59 Å². The van der Waals surface area contributed by atoms with Crippen molar-refractivity contribution in [2.24, 2.45) is 5.73 Å². The van der Waals surface area contributed by atoms with Gasteiger partial charge < -0.3 is 25.7 Å². The van der Waals surface area contributed by atoms with Crippen molar-refractivity contribution in [3.05, 3.63) is 70.1 Å². The van der Waals surface area contributed by atoms with E-state index in [1.54, 1.807) is 48.5 Å². The van der Waals surface area contributed by atoms with E-state index in [0.29, 0.717) is 23.1 Å². The van der Waals surface area contributed by atoms with E-state index < -0.39 is 23.6 Å². The zero-order valence-corrected chi connectivity index (χ0v) is 17.0. The van der Waals surface area contributed by atoms with Gasteiger partial charge >= 0.3 is 11.6 Å². The Bertz CT molecular complexity index is 1170. The van der Waals surface area contributed by atoms with Crippen LogP contribution < -0.4 is 16.7 Å². The monoisotopic (exact) mass is 424 g/mol. The van der Waals surface area contributed by atoms with Crippen molar-refractivity contribution in [2.45, 2.75) is 38.1 Å². The van der Waals surface area contributed by atoms with Gasteiger partial charge in [-0.2, -0.15) is 0 Å². The topological polar surface area (TPSA) is 143 Å². The molecule has 5 N–H and O–H groups in total. The molecule has 2 unspecified atom stereocenters. The molecule has 3 rings (SSSR count). The van der Waals surface area contributed by atoms with Gasteiger partial charge in [0.05, 0.1) is 10.9 Å². The second-order valence-electron chi connectivity index (χ2n) is 7.27. The Hall–Kier alpha value is -3.65. The van der Waals surface area contributed by atoms with Crippen molar-refractivity contribution in [1.82, 2.24) is 0 Å². The van der Waals surface area contributed by atoms with Gasteiger partial charge in [-0.05, 0) is 42.7 Å². The Kier molecular flexibility index (Phi) is 6.71. The summed E-state index contributed by atoms with van der Waals surface area (Å²) in [7, 11) is 0. The second kappa shape index (κ2) is 9.44. The standard InChI is InChI=1S/C23H24N2O6/c1-2-15(20-21(27)16-8-3-4-9-18(16)31-23(20)30)13-6-5-7-14(12-13)25-19(26)11-10-17(24)22(28)29/h3-9,12,15,17,27H,2,10-11,24H2,1H3,(H,25,26)(H,28,29). The van der Waals surface area contributed by atoms with Gasteiger partial charge in [0.2, 0.25) is 5.91 Å². The molecule has 0 bridgehead atoms. The van der Waals surface area contributed by atoms with Gasteiger partial charge in [0, 0.05) is 18.0 Å². The SMILES string of the molecule is CCC(c1cccc(NC(=O)CCC(N)C(=O)O)c1)c1c(O)c2ccccc2oc1=O. The lowest BCUT2D eigenvalue weighted by Crippen LogP contribution is -2.31. The van der Waals surface area contributed by atoms with Crippen LogP contribution in [0, 0.1) is 0 Å². The van der Waals surface area contributed by atoms with Crippen LogP contribution in [0.25, 0.3) is 11.0 Å². The predicted octanol–water partition coefficient (Wildman–Crippen LogP) is 3.17. The van der Waals surface area contributed by atoms with Gasteiger partial charge in [0.15, 0.2) is 0 Å². The molecular formula is C23H24N2O6. The molecule has 0 aliphatic heterocycles. The third-order valence-corrected chi connectivity index (χ3v) is 5.15. The number of nitrogens with two attached hydrogens (primary N) is 1. The highest BCUT2D eigenvalue weighted by atomic mass is 16.4. The van der Waals surface area contributed by atoms with E-state index >= 15 is 0 Å². The first-order valence-corrected chi connectivity index (χ1v) is 9.94. The van der Waals surface area contributed by atoms with Gasteiger partial charge in [-0.25, -0.2) is 4.79 Å². The number of carbonyl (C=O) groups excluding carboxylic acids is 1. The summed E-state index contributed by atoms with van der Waals surface area (Å²) in [6.45, 7) is 1.89. The van der Waals surface area contributed by atoms with Gasteiger partial charge in [-0.15, -0.1) is 0 Å². The molecule has 0 aliphatic carbocycles. The minimum Gasteiger partial charge on any atom is -0.507 e. The van der Waals surface area contributed by atoms with E-state index in [4.69, 9.17) is 15.3 Å². The van der Waals surface area contributed by atoms with Gasteiger partial charge in [0.25, 0.3) is 0 Å². The van der Waals surface area contributed by atoms with E-state index in [1.165, 1.54) is 0 Å². The van der Waals surface area contributed by atoms with E-state index in [0.717, 1.165) is 5.56 Å². The molecule has 3 aromatic rings. The molecular weight excluding hydrogens is 400 g/mol. The number of hydrogen-bond acceptors (Lipinski definition) is 6.